The van der Waals surface area contributed by atoms with Crippen LogP contribution in [0.5, 0.6) is 0 Å². The predicted octanol–water partition coefficient (Wildman–Crippen LogP) is 1.45. The Labute approximate surface area is 79.8 Å². The van der Waals surface area contributed by atoms with Gasteiger partial charge < -0.3 is 5.11 Å². The molecular weight excluding hydrogens is 162 g/mol. The smallest absolute Gasteiger partial charge is 0.179 e. The van der Waals surface area contributed by atoms with Crippen molar-refractivity contribution >= 4 is 0 Å². The third-order valence-corrected chi connectivity index (χ3v) is 2.34. The molecule has 0 aromatic carbocycles. The van der Waals surface area contributed by atoms with Gasteiger partial charge in [0.15, 0.2) is 17.4 Å². The van der Waals surface area contributed by atoms with Gasteiger partial charge in [0.25, 0.3) is 0 Å². The van der Waals surface area contributed by atoms with E-state index < -0.39 is 0 Å². The average molecular weight is 180 g/mol. The highest BCUT2D eigenvalue weighted by Crippen LogP contribution is 2.05. The minimum absolute atomic E-state index is 0.167. The van der Waals surface area contributed by atoms with Gasteiger partial charge in [-0.3, -0.25) is 0 Å². The maximum Gasteiger partial charge on any atom is 0.179 e. The van der Waals surface area contributed by atoms with E-state index in [1.165, 1.54) is 17.0 Å². The molecule has 72 valence electrons. The summed E-state index contributed by atoms with van der Waals surface area (Å²) in [6, 6.07) is 4.44. The molecular formula is C11H18NO+. The Bertz CT molecular complexity index is 284. The van der Waals surface area contributed by atoms with E-state index in [1.807, 2.05) is 6.92 Å². The van der Waals surface area contributed by atoms with E-state index >= 15 is 0 Å². The fourth-order valence-corrected chi connectivity index (χ4v) is 1.89. The number of aliphatic hydroxyl groups is 1. The van der Waals surface area contributed by atoms with Crippen LogP contribution in [0.3, 0.4) is 0 Å². The first-order chi connectivity index (χ1) is 6.06. The van der Waals surface area contributed by atoms with Crippen LogP contribution in [0, 0.1) is 20.8 Å². The number of aliphatic hydroxyl groups excluding tert-OH is 1. The third-order valence-electron chi connectivity index (χ3n) is 2.34. The molecule has 0 bridgehead atoms. The van der Waals surface area contributed by atoms with Gasteiger partial charge in [0.2, 0.25) is 0 Å². The van der Waals surface area contributed by atoms with Gasteiger partial charge in [-0.05, 0) is 12.5 Å². The highest BCUT2D eigenvalue weighted by molar-refractivity contribution is 5.13. The normalized spacial score (nSPS) is 13.0. The van der Waals surface area contributed by atoms with Gasteiger partial charge >= 0.3 is 0 Å². The first-order valence-corrected chi connectivity index (χ1v) is 4.66. The van der Waals surface area contributed by atoms with E-state index in [0.717, 1.165) is 0 Å². The summed E-state index contributed by atoms with van der Waals surface area (Å²) in [5, 5.41) is 9.09. The molecule has 0 aliphatic carbocycles. The molecule has 1 unspecified atom stereocenters. The Morgan fingerprint density at radius 3 is 2.08 bits per heavy atom. The molecule has 13 heavy (non-hydrogen) atoms. The van der Waals surface area contributed by atoms with Crippen LogP contribution in [0.4, 0.5) is 0 Å². The molecule has 0 radical (unpaired) electrons. The van der Waals surface area contributed by atoms with Crippen molar-refractivity contribution in [3.8, 4) is 0 Å². The Balaban J connectivity index is 3.20. The quantitative estimate of drug-likeness (QED) is 0.684. The van der Waals surface area contributed by atoms with Crippen molar-refractivity contribution in [1.82, 2.24) is 0 Å². The fourth-order valence-electron chi connectivity index (χ4n) is 1.89. The largest absolute Gasteiger partial charge is 0.389 e. The molecule has 2 heteroatoms. The SMILES string of the molecule is Cc1cc(C)[n+](C(C)CO)c(C)c1. The van der Waals surface area contributed by atoms with Gasteiger partial charge in [-0.15, -0.1) is 0 Å². The van der Waals surface area contributed by atoms with Crippen LogP contribution >= 0.6 is 0 Å². The molecule has 2 nitrogen and oxygen atoms in total. The van der Waals surface area contributed by atoms with E-state index in [2.05, 4.69) is 37.5 Å². The van der Waals surface area contributed by atoms with Gasteiger partial charge in [0.05, 0.1) is 0 Å². The minimum atomic E-state index is 0.167. The highest BCUT2D eigenvalue weighted by atomic mass is 16.3. The summed E-state index contributed by atoms with van der Waals surface area (Å²) < 4.78 is 2.16. The molecule has 0 spiro atoms. The number of nitrogens with zero attached hydrogens (tertiary/aromatic N) is 1. The Morgan fingerprint density at radius 2 is 1.69 bits per heavy atom. The summed E-state index contributed by atoms with van der Waals surface area (Å²) in [5.74, 6) is 0. The lowest BCUT2D eigenvalue weighted by Gasteiger charge is -2.09. The first-order valence-electron chi connectivity index (χ1n) is 4.66. The monoisotopic (exact) mass is 180 g/mol. The molecule has 0 aliphatic rings. The zero-order valence-corrected chi connectivity index (χ0v) is 8.83. The first kappa shape index (κ1) is 10.2. The molecule has 1 aromatic heterocycles. The Hall–Kier alpha value is -0.890. The molecule has 1 heterocycles. The van der Waals surface area contributed by atoms with E-state index in [9.17, 15) is 0 Å². The third kappa shape index (κ3) is 2.07. The van der Waals surface area contributed by atoms with E-state index in [0.29, 0.717) is 0 Å². The second-order valence-corrected chi connectivity index (χ2v) is 3.72. The fraction of sp³-hybridized carbons (Fsp3) is 0.545. The number of pyridine rings is 1. The molecule has 1 N–H and O–H groups in total. The van der Waals surface area contributed by atoms with Crippen molar-refractivity contribution < 1.29 is 9.67 Å². The molecule has 1 atom stereocenters. The van der Waals surface area contributed by atoms with Crippen LogP contribution in [0.15, 0.2) is 12.1 Å². The lowest BCUT2D eigenvalue weighted by atomic mass is 10.2. The van der Waals surface area contributed by atoms with Crippen molar-refractivity contribution in [3.63, 3.8) is 0 Å². The number of aromatic nitrogens is 1. The van der Waals surface area contributed by atoms with Gasteiger partial charge in [0.1, 0.15) is 6.61 Å². The molecule has 0 saturated carbocycles. The second kappa shape index (κ2) is 3.88. The van der Waals surface area contributed by atoms with Gasteiger partial charge in [-0.2, -0.15) is 4.57 Å². The van der Waals surface area contributed by atoms with E-state index in [4.69, 9.17) is 5.11 Å². The molecule has 0 amide bonds. The Kier molecular flexibility index (Phi) is 3.04. The zero-order chi connectivity index (χ0) is 10.0. The summed E-state index contributed by atoms with van der Waals surface area (Å²) in [6.07, 6.45) is 0. The summed E-state index contributed by atoms with van der Waals surface area (Å²) in [6.45, 7) is 8.46. The second-order valence-electron chi connectivity index (χ2n) is 3.72. The van der Waals surface area contributed by atoms with Crippen molar-refractivity contribution in [2.75, 3.05) is 6.61 Å². The molecule has 1 rings (SSSR count). The summed E-state index contributed by atoms with van der Waals surface area (Å²) in [4.78, 5) is 0. The molecule has 0 aliphatic heterocycles. The zero-order valence-electron chi connectivity index (χ0n) is 8.83. The topological polar surface area (TPSA) is 24.1 Å². The van der Waals surface area contributed by atoms with Crippen LogP contribution in [0.25, 0.3) is 0 Å². The van der Waals surface area contributed by atoms with Crippen molar-refractivity contribution in [3.05, 3.63) is 29.1 Å². The molecule has 0 saturated heterocycles. The van der Waals surface area contributed by atoms with Gasteiger partial charge in [-0.1, -0.05) is 0 Å². The van der Waals surface area contributed by atoms with Crippen LogP contribution in [-0.2, 0) is 0 Å². The maximum absolute atomic E-state index is 9.09. The number of hydrogen-bond acceptors (Lipinski definition) is 1. The average Bonchev–Trinajstić information content (AvgIpc) is 2.02. The highest BCUT2D eigenvalue weighted by Gasteiger charge is 2.17. The van der Waals surface area contributed by atoms with Crippen LogP contribution in [0.1, 0.15) is 29.9 Å². The standard InChI is InChI=1S/C11H18NO/c1-8-5-9(2)12(10(3)6-8)11(4)7-13/h5-6,11,13H,7H2,1-4H3/q+1. The van der Waals surface area contributed by atoms with Crippen LogP contribution in [-0.4, -0.2) is 11.7 Å². The van der Waals surface area contributed by atoms with E-state index in [1.54, 1.807) is 0 Å². The summed E-state index contributed by atoms with van der Waals surface area (Å²) in [7, 11) is 0. The van der Waals surface area contributed by atoms with Crippen molar-refractivity contribution in [1.29, 1.82) is 0 Å². The number of hydrogen-bond donors (Lipinski definition) is 1. The van der Waals surface area contributed by atoms with Gasteiger partial charge in [-0.25, -0.2) is 0 Å². The molecule has 1 aromatic rings. The predicted molar refractivity (Wildman–Crippen MR) is 52.6 cm³/mol. The lowest BCUT2D eigenvalue weighted by molar-refractivity contribution is -0.732. The van der Waals surface area contributed by atoms with Gasteiger partial charge in [0, 0.05) is 32.9 Å². The van der Waals surface area contributed by atoms with Crippen LogP contribution < -0.4 is 4.57 Å². The number of aryl methyl sites for hydroxylation is 3. The number of rotatable bonds is 2. The van der Waals surface area contributed by atoms with Crippen molar-refractivity contribution in [2.45, 2.75) is 33.7 Å². The minimum Gasteiger partial charge on any atom is -0.389 e. The summed E-state index contributed by atoms with van der Waals surface area (Å²) >= 11 is 0. The molecule has 0 fully saturated rings. The lowest BCUT2D eigenvalue weighted by Crippen LogP contribution is -2.45. The van der Waals surface area contributed by atoms with Crippen molar-refractivity contribution in [2.24, 2.45) is 0 Å². The van der Waals surface area contributed by atoms with E-state index in [-0.39, 0.29) is 12.6 Å². The maximum atomic E-state index is 9.09. The van der Waals surface area contributed by atoms with Crippen LogP contribution in [0.2, 0.25) is 0 Å². The Morgan fingerprint density at radius 1 is 1.23 bits per heavy atom. The summed E-state index contributed by atoms with van der Waals surface area (Å²) in [5.41, 5.74) is 3.69.